The lowest BCUT2D eigenvalue weighted by molar-refractivity contribution is 0.130. The molecule has 31 heavy (non-hydrogen) atoms. The Hall–Kier alpha value is -0.865. The van der Waals surface area contributed by atoms with Crippen LogP contribution in [0.15, 0.2) is 37.2 Å². The van der Waals surface area contributed by atoms with Gasteiger partial charge in [-0.05, 0) is 62.3 Å². The van der Waals surface area contributed by atoms with Crippen molar-refractivity contribution in [3.63, 3.8) is 0 Å². The molecule has 3 aliphatic rings. The Kier molecular flexibility index (Phi) is 6.53. The number of thiol groups is 3. The van der Waals surface area contributed by atoms with Crippen molar-refractivity contribution in [2.24, 2.45) is 0 Å². The second kappa shape index (κ2) is 8.17. The predicted octanol–water partition coefficient (Wildman–Crippen LogP) is 4.27. The Bertz CT molecular complexity index is 654. The van der Waals surface area contributed by atoms with Crippen molar-refractivity contribution in [1.29, 1.82) is 0 Å². The van der Waals surface area contributed by atoms with Gasteiger partial charge < -0.3 is 29.1 Å². The van der Waals surface area contributed by atoms with Gasteiger partial charge in [0.05, 0.1) is 0 Å². The Morgan fingerprint density at radius 1 is 0.484 bits per heavy atom. The van der Waals surface area contributed by atoms with Crippen LogP contribution in [0.4, 0.5) is 0 Å². The quantitative estimate of drug-likeness (QED) is 0.409. The predicted molar refractivity (Wildman–Crippen MR) is 142 cm³/mol. The van der Waals surface area contributed by atoms with Crippen LogP contribution in [0.2, 0.25) is 0 Å². The first-order valence-electron chi connectivity index (χ1n) is 10.8. The van der Waals surface area contributed by atoms with Gasteiger partial charge in [0.25, 0.3) is 0 Å². The maximum absolute atomic E-state index is 5.03. The van der Waals surface area contributed by atoms with Gasteiger partial charge in [-0.3, -0.25) is 0 Å². The van der Waals surface area contributed by atoms with Crippen LogP contribution in [0.25, 0.3) is 0 Å². The minimum Gasteiger partial charge on any atom is -0.353 e. The van der Waals surface area contributed by atoms with Gasteiger partial charge in [0.2, 0.25) is 0 Å². The van der Waals surface area contributed by atoms with Crippen molar-refractivity contribution in [1.82, 2.24) is 29.1 Å². The van der Waals surface area contributed by atoms with Crippen molar-refractivity contribution in [2.45, 2.75) is 95.4 Å². The van der Waals surface area contributed by atoms with E-state index in [-0.39, 0.29) is 40.2 Å². The van der Waals surface area contributed by atoms with Crippen LogP contribution in [0.5, 0.6) is 0 Å². The zero-order valence-corrected chi connectivity index (χ0v) is 23.0. The van der Waals surface area contributed by atoms with Crippen molar-refractivity contribution in [3.8, 4) is 0 Å². The molecule has 3 unspecified atom stereocenters. The molecule has 6 nitrogen and oxygen atoms in total. The molecule has 0 aromatic carbocycles. The summed E-state index contributed by atoms with van der Waals surface area (Å²) in [5.74, 6) is 0. The summed E-state index contributed by atoms with van der Waals surface area (Å²) in [4.78, 5) is 13.6. The average Bonchev–Trinajstić information content (AvgIpc) is 3.26. The summed E-state index contributed by atoms with van der Waals surface area (Å²) in [6.45, 7) is 19.8. The fourth-order valence-corrected chi connectivity index (χ4v) is 5.96. The Morgan fingerprint density at radius 3 is 0.871 bits per heavy atom. The lowest BCUT2D eigenvalue weighted by atomic mass is 9.85. The van der Waals surface area contributed by atoms with Crippen LogP contribution in [-0.4, -0.2) is 69.4 Å². The Morgan fingerprint density at radius 2 is 0.710 bits per heavy atom. The molecule has 0 aromatic heterocycles. The van der Waals surface area contributed by atoms with E-state index in [0.717, 1.165) is 0 Å². The zero-order chi connectivity index (χ0) is 23.5. The zero-order valence-electron chi connectivity index (χ0n) is 20.3. The molecule has 0 radical (unpaired) electrons. The van der Waals surface area contributed by atoms with E-state index in [1.165, 1.54) is 0 Å². The second-order valence-electron chi connectivity index (χ2n) is 11.4. The lowest BCUT2D eigenvalue weighted by Crippen LogP contribution is -2.66. The van der Waals surface area contributed by atoms with Crippen molar-refractivity contribution in [2.75, 3.05) is 0 Å². The highest BCUT2D eigenvalue weighted by molar-refractivity contribution is 7.81. The minimum atomic E-state index is -0.150. The number of nitrogens with zero attached hydrogens (tertiary/aromatic N) is 6. The van der Waals surface area contributed by atoms with Crippen LogP contribution in [0.3, 0.4) is 0 Å². The van der Waals surface area contributed by atoms with E-state index in [4.69, 9.17) is 37.9 Å². The first kappa shape index (κ1) is 24.8. The molecule has 0 amide bonds. The highest BCUT2D eigenvalue weighted by atomic mass is 32.1. The molecule has 0 saturated heterocycles. The van der Waals surface area contributed by atoms with Crippen LogP contribution in [-0.2, 0) is 0 Å². The molecule has 0 fully saturated rings. The number of hydrogen-bond acceptors (Lipinski definition) is 9. The third kappa shape index (κ3) is 4.62. The smallest absolute Gasteiger partial charge is 0.353 e. The SMILES string of the molecule is CC(C)(C)N1C=CN(B(N2C=CN(C(C)(C)C)C2S)N2C=CN(C(C)(C)C)C2S)C1S. The maximum Gasteiger partial charge on any atom is 0.510 e. The van der Waals surface area contributed by atoms with E-state index < -0.39 is 0 Å². The van der Waals surface area contributed by atoms with Crippen molar-refractivity contribution >= 4 is 45.0 Å². The van der Waals surface area contributed by atoms with Gasteiger partial charge in [-0.25, -0.2) is 0 Å². The largest absolute Gasteiger partial charge is 0.510 e. The molecule has 3 rings (SSSR count). The normalized spacial score (nSPS) is 26.9. The molecule has 0 saturated carbocycles. The van der Waals surface area contributed by atoms with Crippen LogP contribution in [0.1, 0.15) is 62.3 Å². The number of hydrogen-bond donors (Lipinski definition) is 3. The van der Waals surface area contributed by atoms with E-state index in [1.54, 1.807) is 0 Å². The molecule has 0 aliphatic carbocycles. The molecule has 10 heteroatoms. The monoisotopic (exact) mass is 482 g/mol. The van der Waals surface area contributed by atoms with Gasteiger partial charge in [0.1, 0.15) is 16.5 Å². The third-order valence-corrected chi connectivity index (χ3v) is 7.41. The fourth-order valence-electron chi connectivity index (χ4n) is 4.10. The van der Waals surface area contributed by atoms with Gasteiger partial charge >= 0.3 is 7.12 Å². The molecule has 0 aromatic rings. The van der Waals surface area contributed by atoms with Gasteiger partial charge in [-0.2, -0.15) is 0 Å². The Labute approximate surface area is 206 Å². The van der Waals surface area contributed by atoms with Gasteiger partial charge in [-0.1, -0.05) is 0 Å². The summed E-state index contributed by atoms with van der Waals surface area (Å²) in [6, 6.07) is 0. The molecular weight excluding hydrogens is 443 g/mol. The van der Waals surface area contributed by atoms with Crippen molar-refractivity contribution in [3.05, 3.63) is 37.2 Å². The highest BCUT2D eigenvalue weighted by Gasteiger charge is 2.50. The van der Waals surface area contributed by atoms with Crippen LogP contribution >= 0.6 is 37.9 Å². The van der Waals surface area contributed by atoms with Crippen LogP contribution < -0.4 is 0 Å². The van der Waals surface area contributed by atoms with E-state index in [0.29, 0.717) is 0 Å². The molecule has 3 atom stereocenters. The summed E-state index contributed by atoms with van der Waals surface area (Å²) in [5.41, 5.74) is -0.459. The second-order valence-corrected chi connectivity index (χ2v) is 12.7. The standard InChI is InChI=1S/C21H39BN6S3/c1-19(2,3)23-10-13-26(16(23)29)22(27-14-11-24(17(27)30)20(4,5)6)28-15-12-25(18(28)31)21(7,8)9/h10-18,29-31H,1-9H3. The first-order chi connectivity index (χ1) is 14.0. The highest BCUT2D eigenvalue weighted by Crippen LogP contribution is 2.37. The van der Waals surface area contributed by atoms with Gasteiger partial charge in [-0.15, -0.1) is 37.9 Å². The molecule has 0 N–H and O–H groups in total. The van der Waals surface area contributed by atoms with Gasteiger partial charge in [0, 0.05) is 53.8 Å². The molecule has 174 valence electrons. The van der Waals surface area contributed by atoms with E-state index in [9.17, 15) is 0 Å². The minimum absolute atomic E-state index is 0.0421. The van der Waals surface area contributed by atoms with E-state index in [1.807, 2.05) is 0 Å². The summed E-state index contributed by atoms with van der Waals surface area (Å²) >= 11 is 15.1. The summed E-state index contributed by atoms with van der Waals surface area (Å²) < 4.78 is 0. The molecule has 0 spiro atoms. The molecule has 3 heterocycles. The van der Waals surface area contributed by atoms with Crippen LogP contribution in [0, 0.1) is 0 Å². The van der Waals surface area contributed by atoms with Crippen molar-refractivity contribution < 1.29 is 0 Å². The van der Waals surface area contributed by atoms with Gasteiger partial charge in [0.15, 0.2) is 0 Å². The molecule has 0 bridgehead atoms. The molecular formula is C21H39BN6S3. The van der Waals surface area contributed by atoms with E-state index >= 15 is 0 Å². The Balaban J connectivity index is 1.97. The van der Waals surface area contributed by atoms with E-state index in [2.05, 4.69) is 129 Å². The average molecular weight is 483 g/mol. The lowest BCUT2D eigenvalue weighted by Gasteiger charge is -2.48. The summed E-state index contributed by atoms with van der Waals surface area (Å²) in [7, 11) is -0.150. The fraction of sp³-hybridized carbons (Fsp3) is 0.714. The summed E-state index contributed by atoms with van der Waals surface area (Å²) in [5, 5.41) is 0. The topological polar surface area (TPSA) is 19.4 Å². The number of rotatable bonds is 3. The maximum atomic E-state index is 5.03. The third-order valence-electron chi connectivity index (χ3n) is 5.87. The molecule has 3 aliphatic heterocycles. The summed E-state index contributed by atoms with van der Waals surface area (Å²) in [6.07, 6.45) is 12.8. The first-order valence-corrected chi connectivity index (χ1v) is 12.4.